The van der Waals surface area contributed by atoms with Crippen LogP contribution in [0, 0.1) is 5.92 Å². The molecule has 0 N–H and O–H groups in total. The maximum Gasteiger partial charge on any atom is 0.257 e. The van der Waals surface area contributed by atoms with E-state index in [1.54, 1.807) is 0 Å². The van der Waals surface area contributed by atoms with Gasteiger partial charge < -0.3 is 9.64 Å². The van der Waals surface area contributed by atoms with Crippen molar-refractivity contribution in [3.05, 3.63) is 48.5 Å². The highest BCUT2D eigenvalue weighted by molar-refractivity contribution is 6.13. The highest BCUT2D eigenvalue weighted by atomic mass is 16.5. The van der Waals surface area contributed by atoms with Gasteiger partial charge in [-0.2, -0.15) is 0 Å². The van der Waals surface area contributed by atoms with Gasteiger partial charge in [0.2, 0.25) is 0 Å². The molecule has 2 atom stereocenters. The van der Waals surface area contributed by atoms with E-state index in [-0.39, 0.29) is 12.5 Å². The van der Waals surface area contributed by atoms with Crippen molar-refractivity contribution in [2.24, 2.45) is 5.92 Å². The number of piperidine rings is 2. The lowest BCUT2D eigenvalue weighted by Crippen LogP contribution is -2.49. The Bertz CT molecular complexity index is 937. The van der Waals surface area contributed by atoms with E-state index < -0.39 is 0 Å². The van der Waals surface area contributed by atoms with Crippen molar-refractivity contribution in [3.8, 4) is 0 Å². The van der Waals surface area contributed by atoms with E-state index in [0.717, 1.165) is 21.8 Å². The monoisotopic (exact) mass is 376 g/mol. The van der Waals surface area contributed by atoms with Crippen molar-refractivity contribution in [2.75, 3.05) is 26.3 Å². The Morgan fingerprint density at radius 2 is 1.57 bits per heavy atom. The summed E-state index contributed by atoms with van der Waals surface area (Å²) in [4.78, 5) is 15.7. The first kappa shape index (κ1) is 17.9. The van der Waals surface area contributed by atoms with Crippen molar-refractivity contribution in [1.82, 2.24) is 9.47 Å². The molecule has 2 aliphatic heterocycles. The van der Waals surface area contributed by atoms with Gasteiger partial charge in [-0.1, -0.05) is 42.8 Å². The molecule has 2 fully saturated rings. The van der Waals surface area contributed by atoms with E-state index in [9.17, 15) is 4.79 Å². The molecular weight excluding hydrogens is 348 g/mol. The summed E-state index contributed by atoms with van der Waals surface area (Å²) in [5.41, 5.74) is 1.93. The van der Waals surface area contributed by atoms with Gasteiger partial charge in [0.25, 0.3) is 5.91 Å². The fourth-order valence-corrected chi connectivity index (χ4v) is 5.32. The Hall–Kier alpha value is -2.17. The van der Waals surface area contributed by atoms with E-state index in [4.69, 9.17) is 4.74 Å². The summed E-state index contributed by atoms with van der Waals surface area (Å²) in [5, 5.41) is 2.24. The third-order valence-electron chi connectivity index (χ3n) is 6.62. The van der Waals surface area contributed by atoms with Crippen LogP contribution in [0.3, 0.4) is 0 Å². The Balaban J connectivity index is 1.32. The molecule has 0 aliphatic carbocycles. The summed E-state index contributed by atoms with van der Waals surface area (Å²) in [7, 11) is 0. The number of hydrogen-bond donors (Lipinski definition) is 0. The molecule has 5 rings (SSSR count). The molecule has 2 saturated heterocycles. The van der Waals surface area contributed by atoms with Gasteiger partial charge in [-0.25, -0.2) is 0 Å². The van der Waals surface area contributed by atoms with E-state index >= 15 is 0 Å². The van der Waals surface area contributed by atoms with Crippen LogP contribution in [0.15, 0.2) is 48.5 Å². The van der Waals surface area contributed by atoms with Gasteiger partial charge in [0, 0.05) is 16.8 Å². The van der Waals surface area contributed by atoms with Gasteiger partial charge in [-0.15, -0.1) is 0 Å². The summed E-state index contributed by atoms with van der Waals surface area (Å²) in [6, 6.07) is 16.9. The number of ether oxygens (including phenoxy) is 1. The maximum atomic E-state index is 13.1. The van der Waals surface area contributed by atoms with Gasteiger partial charge in [-0.05, 0) is 56.8 Å². The number of benzene rings is 2. The molecule has 0 bridgehead atoms. The van der Waals surface area contributed by atoms with Crippen molar-refractivity contribution in [3.63, 3.8) is 0 Å². The van der Waals surface area contributed by atoms with Crippen LogP contribution in [-0.4, -0.2) is 47.7 Å². The molecule has 0 radical (unpaired) electrons. The van der Waals surface area contributed by atoms with Gasteiger partial charge in [-0.3, -0.25) is 9.36 Å². The average molecular weight is 377 g/mol. The molecule has 28 heavy (non-hydrogen) atoms. The van der Waals surface area contributed by atoms with Crippen LogP contribution in [0.4, 0.5) is 0 Å². The predicted molar refractivity (Wildman–Crippen MR) is 113 cm³/mol. The molecule has 0 spiro atoms. The zero-order chi connectivity index (χ0) is 18.9. The molecule has 2 aromatic carbocycles. The molecule has 2 aliphatic rings. The number of carbonyl (C=O) groups excluding carboxylic acids is 1. The van der Waals surface area contributed by atoms with E-state index in [0.29, 0.717) is 18.6 Å². The van der Waals surface area contributed by atoms with E-state index in [1.165, 1.54) is 45.2 Å². The number of aromatic nitrogens is 1. The van der Waals surface area contributed by atoms with E-state index in [2.05, 4.69) is 17.0 Å². The predicted octanol–water partition coefficient (Wildman–Crippen LogP) is 4.72. The van der Waals surface area contributed by atoms with Crippen molar-refractivity contribution in [1.29, 1.82) is 0 Å². The minimum absolute atomic E-state index is 0.0220. The molecule has 4 heteroatoms. The second-order valence-corrected chi connectivity index (χ2v) is 8.28. The number of rotatable bonds is 4. The van der Waals surface area contributed by atoms with Crippen molar-refractivity contribution >= 4 is 27.7 Å². The van der Waals surface area contributed by atoms with Crippen LogP contribution in [0.5, 0.6) is 0 Å². The lowest BCUT2D eigenvalue weighted by atomic mass is 9.84. The van der Waals surface area contributed by atoms with Crippen molar-refractivity contribution in [2.45, 2.75) is 38.1 Å². The maximum absolute atomic E-state index is 13.1. The number of hydrogen-bond acceptors (Lipinski definition) is 3. The summed E-state index contributed by atoms with van der Waals surface area (Å²) < 4.78 is 7.84. The third kappa shape index (κ3) is 3.15. The van der Waals surface area contributed by atoms with Gasteiger partial charge in [0.1, 0.15) is 6.61 Å². The van der Waals surface area contributed by atoms with E-state index in [1.807, 2.05) is 41.0 Å². The summed E-state index contributed by atoms with van der Waals surface area (Å²) >= 11 is 0. The molecule has 3 aromatic rings. The number of carbonyl (C=O) groups is 1. The molecule has 4 nitrogen and oxygen atoms in total. The standard InChI is InChI=1S/C24H28N2O2/c27-24(17-28-16-18-8-7-15-25-14-6-5-11-21(18)25)26-22-12-3-1-9-19(22)20-10-2-4-13-23(20)26/h1-4,9-10,12-13,18,21H,5-8,11,14-17H2. The highest BCUT2D eigenvalue weighted by Crippen LogP contribution is 2.31. The van der Waals surface area contributed by atoms with Gasteiger partial charge in [0.15, 0.2) is 0 Å². The minimum Gasteiger partial charge on any atom is -0.371 e. The smallest absolute Gasteiger partial charge is 0.257 e. The van der Waals surface area contributed by atoms with Gasteiger partial charge in [0.05, 0.1) is 17.6 Å². The molecule has 0 amide bonds. The topological polar surface area (TPSA) is 34.5 Å². The molecule has 146 valence electrons. The third-order valence-corrected chi connectivity index (χ3v) is 6.62. The van der Waals surface area contributed by atoms with Crippen LogP contribution in [-0.2, 0) is 4.74 Å². The number of fused-ring (bicyclic) bond motifs is 4. The zero-order valence-electron chi connectivity index (χ0n) is 16.3. The molecular formula is C24H28N2O2. The Kier molecular flexibility index (Phi) is 4.91. The lowest BCUT2D eigenvalue weighted by molar-refractivity contribution is 0.00471. The fourth-order valence-electron chi connectivity index (χ4n) is 5.32. The Labute approximate surface area is 166 Å². The highest BCUT2D eigenvalue weighted by Gasteiger charge is 2.33. The van der Waals surface area contributed by atoms with Crippen LogP contribution in [0.2, 0.25) is 0 Å². The number of nitrogens with zero attached hydrogens (tertiary/aromatic N) is 2. The largest absolute Gasteiger partial charge is 0.371 e. The quantitative estimate of drug-likeness (QED) is 0.661. The number of para-hydroxylation sites is 2. The van der Waals surface area contributed by atoms with Crippen molar-refractivity contribution < 1.29 is 9.53 Å². The summed E-state index contributed by atoms with van der Waals surface area (Å²) in [5.74, 6) is 0.591. The van der Waals surface area contributed by atoms with Crippen LogP contribution < -0.4 is 0 Å². The van der Waals surface area contributed by atoms with Crippen LogP contribution in [0.1, 0.15) is 36.9 Å². The fraction of sp³-hybridized carbons (Fsp3) is 0.458. The molecule has 3 heterocycles. The first-order valence-corrected chi connectivity index (χ1v) is 10.7. The second kappa shape index (κ2) is 7.69. The first-order valence-electron chi connectivity index (χ1n) is 10.7. The summed E-state index contributed by atoms with van der Waals surface area (Å²) in [6.07, 6.45) is 6.43. The first-order chi connectivity index (χ1) is 13.8. The molecule has 1 aromatic heterocycles. The minimum atomic E-state index is 0.0220. The normalized spacial score (nSPS) is 23.1. The lowest BCUT2D eigenvalue weighted by Gasteiger charge is -2.44. The average Bonchev–Trinajstić information content (AvgIpc) is 3.08. The van der Waals surface area contributed by atoms with Crippen LogP contribution in [0.25, 0.3) is 21.8 Å². The molecule has 2 unspecified atom stereocenters. The second-order valence-electron chi connectivity index (χ2n) is 8.28. The molecule has 0 saturated carbocycles. The SMILES string of the molecule is O=C(COCC1CCCN2CCCCC12)n1c2ccccc2c2ccccc21. The zero-order valence-corrected chi connectivity index (χ0v) is 16.3. The summed E-state index contributed by atoms with van der Waals surface area (Å²) in [6.45, 7) is 3.32. The Morgan fingerprint density at radius 3 is 2.32 bits per heavy atom. The van der Waals surface area contributed by atoms with Gasteiger partial charge >= 0.3 is 0 Å². The Morgan fingerprint density at radius 1 is 0.893 bits per heavy atom. The van der Waals surface area contributed by atoms with Crippen LogP contribution >= 0.6 is 0 Å².